The van der Waals surface area contributed by atoms with Crippen LogP contribution in [0.2, 0.25) is 0 Å². The number of aromatic amines is 1. The zero-order valence-corrected chi connectivity index (χ0v) is 11.1. The number of nitrogen functional groups attached to an aromatic ring is 1. The van der Waals surface area contributed by atoms with E-state index in [4.69, 9.17) is 15.6 Å². The number of aromatic nitrogens is 4. The number of nitrogens with one attached hydrogen (secondary N) is 1. The van der Waals surface area contributed by atoms with Gasteiger partial charge in [0.15, 0.2) is 11.2 Å². The van der Waals surface area contributed by atoms with Crippen LogP contribution >= 0.6 is 8.03 Å². The molecule has 2 unspecified atom stereocenters. The maximum atomic E-state index is 11.6. The van der Waals surface area contributed by atoms with Gasteiger partial charge in [0.25, 0.3) is 5.56 Å². The van der Waals surface area contributed by atoms with Crippen LogP contribution in [0.15, 0.2) is 11.1 Å². The van der Waals surface area contributed by atoms with Crippen LogP contribution in [0, 0.1) is 0 Å². The van der Waals surface area contributed by atoms with Gasteiger partial charge in [-0.15, -0.1) is 0 Å². The zero-order chi connectivity index (χ0) is 14.7. The molecule has 2 aromatic heterocycles. The zero-order valence-electron chi connectivity index (χ0n) is 10.2. The third kappa shape index (κ3) is 3.17. The Bertz CT molecular complexity index is 683. The molecular weight excluding hydrogens is 289 g/mol. The molecule has 2 aromatic rings. The van der Waals surface area contributed by atoms with Crippen molar-refractivity contribution in [3.05, 3.63) is 16.7 Å². The first-order valence-corrected chi connectivity index (χ1v) is 6.92. The summed E-state index contributed by atoms with van der Waals surface area (Å²) >= 11 is 0. The van der Waals surface area contributed by atoms with E-state index in [1.54, 1.807) is 0 Å². The monoisotopic (exact) mass is 301 g/mol. The minimum absolute atomic E-state index is 0.0617. The van der Waals surface area contributed by atoms with Crippen LogP contribution < -0.4 is 16.2 Å². The quantitative estimate of drug-likeness (QED) is 0.524. The summed E-state index contributed by atoms with van der Waals surface area (Å²) in [4.78, 5) is 32.2. The molecule has 2 heterocycles. The number of H-pyrrole nitrogens is 1. The number of hydrogen-bond donors (Lipinski definition) is 3. The minimum atomic E-state index is -2.70. The highest BCUT2D eigenvalue weighted by Crippen LogP contribution is 2.12. The van der Waals surface area contributed by atoms with Gasteiger partial charge in [-0.3, -0.25) is 9.78 Å². The first kappa shape index (κ1) is 14.5. The number of imidazole rings is 1. The van der Waals surface area contributed by atoms with Gasteiger partial charge in [0.1, 0.15) is 6.10 Å². The molecule has 0 spiro atoms. The maximum absolute atomic E-state index is 11.6. The number of hydrogen-bond acceptors (Lipinski definition) is 8. The van der Waals surface area contributed by atoms with Crippen LogP contribution in [0.25, 0.3) is 11.2 Å². The number of nitrogens with zero attached hydrogens (tertiary/aromatic N) is 3. The van der Waals surface area contributed by atoms with Crippen molar-refractivity contribution in [1.82, 2.24) is 19.5 Å². The van der Waals surface area contributed by atoms with Crippen molar-refractivity contribution in [2.75, 3.05) is 18.7 Å². The van der Waals surface area contributed by atoms with E-state index in [0.717, 1.165) is 0 Å². The van der Waals surface area contributed by atoms with Gasteiger partial charge in [0.05, 0.1) is 19.5 Å². The van der Waals surface area contributed by atoms with Gasteiger partial charge in [-0.25, -0.2) is 4.98 Å². The molecule has 2 atom stereocenters. The van der Waals surface area contributed by atoms with E-state index in [-0.39, 0.29) is 30.3 Å². The van der Waals surface area contributed by atoms with Crippen molar-refractivity contribution in [1.29, 1.82) is 0 Å². The number of nitrogens with two attached hydrogens (primary N) is 1. The standard InChI is InChI=1S/C9H12N5O5P/c10-9-12-7-6(8(16)13-9)11-3-14(7)1-5(2-15)19-4-20(17)18/h3,5,15H,1-2,4H2,(H3,10,12,13,16). The van der Waals surface area contributed by atoms with Crippen LogP contribution in [0.4, 0.5) is 5.95 Å². The molecule has 0 amide bonds. The Morgan fingerprint density at radius 3 is 3.05 bits per heavy atom. The van der Waals surface area contributed by atoms with Crippen LogP contribution in [-0.2, 0) is 15.8 Å². The highest BCUT2D eigenvalue weighted by atomic mass is 31.1. The second-order valence-electron chi connectivity index (χ2n) is 3.95. The Hall–Kier alpha value is -1.87. The molecule has 2 rings (SSSR count). The Morgan fingerprint density at radius 1 is 1.65 bits per heavy atom. The van der Waals surface area contributed by atoms with Gasteiger partial charge in [-0.05, 0) is 0 Å². The highest BCUT2D eigenvalue weighted by molar-refractivity contribution is 7.36. The lowest BCUT2D eigenvalue weighted by molar-refractivity contribution is -0.170. The summed E-state index contributed by atoms with van der Waals surface area (Å²) in [6, 6.07) is 0. The first-order valence-electron chi connectivity index (χ1n) is 5.56. The maximum Gasteiger partial charge on any atom is 0.337 e. The normalized spacial score (nSPS) is 13.6. The second kappa shape index (κ2) is 6.06. The average molecular weight is 301 g/mol. The van der Waals surface area contributed by atoms with Crippen molar-refractivity contribution >= 4 is 25.1 Å². The topological polar surface area (TPSA) is 159 Å². The van der Waals surface area contributed by atoms with Gasteiger partial charge in [-0.2, -0.15) is 4.98 Å². The predicted octanol–water partition coefficient (Wildman–Crippen LogP) is -1.86. The van der Waals surface area contributed by atoms with Crippen LogP contribution in [0.3, 0.4) is 0 Å². The lowest BCUT2D eigenvalue weighted by Gasteiger charge is -2.13. The van der Waals surface area contributed by atoms with Crippen molar-refractivity contribution in [3.63, 3.8) is 0 Å². The van der Waals surface area contributed by atoms with Gasteiger partial charge < -0.3 is 25.0 Å². The molecule has 0 fully saturated rings. The lowest BCUT2D eigenvalue weighted by Crippen LogP contribution is -2.24. The molecular formula is C9H12N5O5P. The van der Waals surface area contributed by atoms with E-state index < -0.39 is 26.0 Å². The molecule has 10 nitrogen and oxygen atoms in total. The van der Waals surface area contributed by atoms with Crippen molar-refractivity contribution in [2.24, 2.45) is 0 Å². The highest BCUT2D eigenvalue weighted by Gasteiger charge is 2.16. The molecule has 0 radical (unpaired) electrons. The summed E-state index contributed by atoms with van der Waals surface area (Å²) in [6.45, 7) is -0.298. The summed E-state index contributed by atoms with van der Waals surface area (Å²) in [5, 5.41) is 9.15. The Labute approximate surface area is 113 Å². The molecule has 0 bridgehead atoms. The van der Waals surface area contributed by atoms with Gasteiger partial charge >= 0.3 is 8.03 Å². The second-order valence-corrected chi connectivity index (χ2v) is 4.88. The number of fused-ring (bicyclic) bond motifs is 1. The summed E-state index contributed by atoms with van der Waals surface area (Å²) < 4.78 is 16.9. The van der Waals surface area contributed by atoms with E-state index in [0.29, 0.717) is 0 Å². The molecule has 0 aliphatic heterocycles. The Kier molecular flexibility index (Phi) is 4.40. The third-order valence-corrected chi connectivity index (χ3v) is 2.87. The summed E-state index contributed by atoms with van der Waals surface area (Å²) in [5.41, 5.74) is 5.31. The van der Waals surface area contributed by atoms with Gasteiger partial charge in [-0.1, -0.05) is 4.57 Å². The minimum Gasteiger partial charge on any atom is -0.594 e. The summed E-state index contributed by atoms with van der Waals surface area (Å²) in [5.74, 6) is -0.0617. The van der Waals surface area contributed by atoms with E-state index >= 15 is 0 Å². The summed E-state index contributed by atoms with van der Waals surface area (Å²) in [7, 11) is -2.70. The summed E-state index contributed by atoms with van der Waals surface area (Å²) in [6.07, 6.45) is 0.0847. The van der Waals surface area contributed by atoms with E-state index in [2.05, 4.69) is 15.0 Å². The number of aliphatic hydroxyl groups is 1. The molecule has 0 aliphatic carbocycles. The van der Waals surface area contributed by atoms with E-state index in [1.807, 2.05) is 0 Å². The molecule has 0 saturated heterocycles. The average Bonchev–Trinajstić information content (AvgIpc) is 2.77. The Balaban J connectivity index is 2.24. The SMILES string of the molecule is Nc1nc2c(ncn2CC(CO)OC[P+](=O)[O-])c(=O)[nH]1. The molecule has 4 N–H and O–H groups in total. The number of aliphatic hydroxyl groups excluding tert-OH is 1. The van der Waals surface area contributed by atoms with Crippen molar-refractivity contribution < 1.29 is 19.3 Å². The molecule has 0 aromatic carbocycles. The predicted molar refractivity (Wildman–Crippen MR) is 67.0 cm³/mol. The third-order valence-electron chi connectivity index (χ3n) is 2.51. The van der Waals surface area contributed by atoms with E-state index in [9.17, 15) is 14.3 Å². The molecule has 108 valence electrons. The van der Waals surface area contributed by atoms with Crippen LogP contribution in [-0.4, -0.2) is 43.7 Å². The van der Waals surface area contributed by atoms with Crippen LogP contribution in [0.1, 0.15) is 0 Å². The number of rotatable bonds is 6. The van der Waals surface area contributed by atoms with E-state index in [1.165, 1.54) is 10.9 Å². The molecule has 11 heteroatoms. The fourth-order valence-electron chi connectivity index (χ4n) is 1.65. The molecule has 0 saturated carbocycles. The largest absolute Gasteiger partial charge is 0.594 e. The lowest BCUT2D eigenvalue weighted by atomic mass is 10.3. The van der Waals surface area contributed by atoms with Gasteiger partial charge in [0, 0.05) is 0 Å². The molecule has 20 heavy (non-hydrogen) atoms. The van der Waals surface area contributed by atoms with Crippen molar-refractivity contribution in [2.45, 2.75) is 12.6 Å². The number of ether oxygens (including phenoxy) is 1. The fourth-order valence-corrected chi connectivity index (χ4v) is 1.99. The smallest absolute Gasteiger partial charge is 0.337 e. The fraction of sp³-hybridized carbons (Fsp3) is 0.444. The van der Waals surface area contributed by atoms with Crippen LogP contribution in [0.5, 0.6) is 0 Å². The Morgan fingerprint density at radius 2 is 2.40 bits per heavy atom. The molecule has 0 aliphatic rings. The first-order chi connectivity index (χ1) is 9.51. The number of anilines is 1. The van der Waals surface area contributed by atoms with Crippen molar-refractivity contribution in [3.8, 4) is 0 Å². The van der Waals surface area contributed by atoms with Gasteiger partial charge in [0.2, 0.25) is 12.3 Å².